The number of aliphatic carboxylic acids is 1. The second-order valence-corrected chi connectivity index (χ2v) is 10.1. The van der Waals surface area contributed by atoms with E-state index < -0.39 is 47.1 Å². The van der Waals surface area contributed by atoms with Crippen LogP contribution in [0.25, 0.3) is 0 Å². The number of halogens is 2. The summed E-state index contributed by atoms with van der Waals surface area (Å²) in [6, 6.07) is 10.8. The summed E-state index contributed by atoms with van der Waals surface area (Å²) in [4.78, 5) is 36.4. The number of nitrogens with one attached hydrogen (secondary N) is 2. The molecular weight excluding hydrogens is 496 g/mol. The zero-order valence-corrected chi connectivity index (χ0v) is 21.8. The van der Waals surface area contributed by atoms with Crippen molar-refractivity contribution in [2.75, 3.05) is 19.6 Å². The Morgan fingerprint density at radius 1 is 1.08 bits per heavy atom. The van der Waals surface area contributed by atoms with Crippen LogP contribution in [0.5, 0.6) is 0 Å². The summed E-state index contributed by atoms with van der Waals surface area (Å²) in [6.07, 6.45) is -0.499. The van der Waals surface area contributed by atoms with Gasteiger partial charge in [0.05, 0.1) is 12.1 Å². The number of carbonyl (C=O) groups excluding carboxylic acids is 2. The van der Waals surface area contributed by atoms with Gasteiger partial charge >= 0.3 is 11.9 Å². The summed E-state index contributed by atoms with van der Waals surface area (Å²) in [5, 5.41) is 26.3. The minimum Gasteiger partial charge on any atom is -0.474 e. The van der Waals surface area contributed by atoms with Crippen molar-refractivity contribution in [3.8, 4) is 0 Å². The molecule has 3 rings (SSSR count). The monoisotopic (exact) mass is 531 g/mol. The van der Waals surface area contributed by atoms with Crippen LogP contribution in [0.1, 0.15) is 56.2 Å². The van der Waals surface area contributed by atoms with Crippen LogP contribution in [0.2, 0.25) is 0 Å². The number of rotatable bonds is 9. The third-order valence-electron chi connectivity index (χ3n) is 7.17. The first kappa shape index (κ1) is 29.2. The molecule has 2 unspecified atom stereocenters. The number of hydrogen-bond donors (Lipinski definition) is 4. The number of nitrogens with zero attached hydrogens (tertiary/aromatic N) is 1. The molecule has 2 aromatic rings. The number of likely N-dealkylation sites (tertiary alicyclic amines) is 1. The van der Waals surface area contributed by atoms with E-state index in [4.69, 9.17) is 5.11 Å². The van der Waals surface area contributed by atoms with Gasteiger partial charge in [0.1, 0.15) is 0 Å². The topological polar surface area (TPSA) is 119 Å². The van der Waals surface area contributed by atoms with Crippen LogP contribution in [0.15, 0.2) is 42.5 Å². The van der Waals surface area contributed by atoms with Crippen molar-refractivity contribution in [1.82, 2.24) is 15.5 Å². The van der Waals surface area contributed by atoms with Crippen molar-refractivity contribution in [2.45, 2.75) is 63.6 Å². The maximum absolute atomic E-state index is 14.3. The van der Waals surface area contributed by atoms with Gasteiger partial charge in [-0.2, -0.15) is 0 Å². The summed E-state index contributed by atoms with van der Waals surface area (Å²) >= 11 is 0. The number of carbonyl (C=O) groups is 3. The maximum atomic E-state index is 14.3. The van der Waals surface area contributed by atoms with Crippen LogP contribution in [-0.4, -0.2) is 64.7 Å². The summed E-state index contributed by atoms with van der Waals surface area (Å²) in [7, 11) is 0. The van der Waals surface area contributed by atoms with Crippen LogP contribution in [0.4, 0.5) is 8.78 Å². The summed E-state index contributed by atoms with van der Waals surface area (Å²) < 4.78 is 28.1. The molecule has 38 heavy (non-hydrogen) atoms. The number of aliphatic hydroxyl groups excluding tert-OH is 1. The van der Waals surface area contributed by atoms with Crippen molar-refractivity contribution in [1.29, 1.82) is 0 Å². The van der Waals surface area contributed by atoms with Gasteiger partial charge in [-0.3, -0.25) is 9.59 Å². The highest BCUT2D eigenvalue weighted by atomic mass is 19.2. The Morgan fingerprint density at radius 3 is 2.34 bits per heavy atom. The fraction of sp³-hybridized carbons (Fsp3) is 0.464. The van der Waals surface area contributed by atoms with Crippen LogP contribution in [0, 0.1) is 11.6 Å². The second-order valence-electron chi connectivity index (χ2n) is 10.1. The van der Waals surface area contributed by atoms with Gasteiger partial charge in [-0.15, -0.1) is 0 Å². The lowest BCUT2D eigenvalue weighted by molar-refractivity contribution is -0.156. The van der Waals surface area contributed by atoms with Crippen LogP contribution >= 0.6 is 0 Å². The first-order chi connectivity index (χ1) is 17.9. The Kier molecular flexibility index (Phi) is 9.56. The minimum absolute atomic E-state index is 0.000659. The average Bonchev–Trinajstić information content (AvgIpc) is 2.89. The van der Waals surface area contributed by atoms with Crippen LogP contribution in [-0.2, 0) is 26.3 Å². The number of carboxylic acids is 1. The highest BCUT2D eigenvalue weighted by molar-refractivity contribution is 6.31. The van der Waals surface area contributed by atoms with E-state index >= 15 is 0 Å². The van der Waals surface area contributed by atoms with Crippen LogP contribution in [0.3, 0.4) is 0 Å². The molecule has 2 aromatic carbocycles. The lowest BCUT2D eigenvalue weighted by Crippen LogP contribution is -2.57. The molecule has 1 aliphatic rings. The number of aliphatic hydroxyl groups is 1. The molecule has 206 valence electrons. The Morgan fingerprint density at radius 2 is 1.74 bits per heavy atom. The van der Waals surface area contributed by atoms with E-state index in [9.17, 15) is 28.3 Å². The molecule has 0 saturated carbocycles. The zero-order valence-electron chi connectivity index (χ0n) is 21.8. The molecule has 1 heterocycles. The number of hydrogen-bond acceptors (Lipinski definition) is 5. The fourth-order valence-electron chi connectivity index (χ4n) is 4.92. The standard InChI is InChI=1S/C28H35F2N3O5/c1-17(2)19-6-4-8-21(14-19)28(10-12-33(13-11-28)26(36)27(37)38)31-16-24(35)23(32-18(3)34)15-20-7-5-9-22(29)25(20)30/h4-9,14,17,23-24,31,35H,10-13,15-16H2,1-3H3,(H,32,34)(H,37,38). The van der Waals surface area contributed by atoms with Gasteiger partial charge in [0.2, 0.25) is 5.91 Å². The van der Waals surface area contributed by atoms with E-state index in [1.54, 1.807) is 0 Å². The Bertz CT molecular complexity index is 1160. The van der Waals surface area contributed by atoms with Gasteiger partial charge in [-0.05, 0) is 47.9 Å². The fourth-order valence-corrected chi connectivity index (χ4v) is 4.92. The molecule has 0 radical (unpaired) electrons. The molecule has 2 atom stereocenters. The second kappa shape index (κ2) is 12.4. The molecule has 1 fully saturated rings. The van der Waals surface area contributed by atoms with E-state index in [0.717, 1.165) is 17.2 Å². The Balaban J connectivity index is 1.85. The van der Waals surface area contributed by atoms with Gasteiger partial charge in [-0.25, -0.2) is 13.6 Å². The quantitative estimate of drug-likeness (QED) is 0.370. The number of benzene rings is 2. The Labute approximate surface area is 221 Å². The van der Waals surface area contributed by atoms with E-state index in [1.807, 2.05) is 18.2 Å². The number of carboxylic acid groups (broad SMARTS) is 1. The zero-order chi connectivity index (χ0) is 28.0. The molecule has 10 heteroatoms. The van der Waals surface area contributed by atoms with Crippen molar-refractivity contribution >= 4 is 17.8 Å². The van der Waals surface area contributed by atoms with E-state index in [2.05, 4.69) is 30.5 Å². The normalized spacial score (nSPS) is 16.7. The van der Waals surface area contributed by atoms with Crippen molar-refractivity contribution in [3.05, 3.63) is 70.8 Å². The van der Waals surface area contributed by atoms with E-state index in [-0.39, 0.29) is 37.5 Å². The van der Waals surface area contributed by atoms with Crippen LogP contribution < -0.4 is 10.6 Å². The lowest BCUT2D eigenvalue weighted by atomic mass is 9.79. The number of amides is 2. The molecule has 2 amide bonds. The van der Waals surface area contributed by atoms with Crippen molar-refractivity contribution in [3.63, 3.8) is 0 Å². The molecule has 0 spiro atoms. The molecule has 0 bridgehead atoms. The smallest absolute Gasteiger partial charge is 0.394 e. The van der Waals surface area contributed by atoms with Crippen molar-refractivity contribution < 1.29 is 33.4 Å². The molecule has 8 nitrogen and oxygen atoms in total. The SMILES string of the molecule is CC(=O)NC(Cc1cccc(F)c1F)C(O)CNC1(c2cccc(C(C)C)c2)CCN(C(=O)C(=O)O)CC1. The predicted molar refractivity (Wildman–Crippen MR) is 137 cm³/mol. The average molecular weight is 532 g/mol. The summed E-state index contributed by atoms with van der Waals surface area (Å²) in [6.45, 7) is 5.82. The lowest BCUT2D eigenvalue weighted by Gasteiger charge is -2.43. The maximum Gasteiger partial charge on any atom is 0.394 e. The van der Waals surface area contributed by atoms with E-state index in [1.165, 1.54) is 24.0 Å². The summed E-state index contributed by atoms with van der Waals surface area (Å²) in [5.74, 6) is -4.67. The molecule has 1 saturated heterocycles. The molecule has 0 aliphatic carbocycles. The molecular formula is C28H35F2N3O5. The largest absolute Gasteiger partial charge is 0.474 e. The molecule has 1 aliphatic heterocycles. The highest BCUT2D eigenvalue weighted by Gasteiger charge is 2.39. The first-order valence-corrected chi connectivity index (χ1v) is 12.7. The molecule has 4 N–H and O–H groups in total. The van der Waals surface area contributed by atoms with Gasteiger partial charge < -0.3 is 25.7 Å². The third-order valence-corrected chi connectivity index (χ3v) is 7.17. The van der Waals surface area contributed by atoms with Gasteiger partial charge in [0.15, 0.2) is 11.6 Å². The highest BCUT2D eigenvalue weighted by Crippen LogP contribution is 2.35. The molecule has 0 aromatic heterocycles. The third kappa shape index (κ3) is 6.93. The van der Waals surface area contributed by atoms with Gasteiger partial charge in [0, 0.05) is 32.1 Å². The minimum atomic E-state index is -1.51. The predicted octanol–water partition coefficient (Wildman–Crippen LogP) is 2.69. The summed E-state index contributed by atoms with van der Waals surface area (Å²) in [5.41, 5.74) is 1.38. The van der Waals surface area contributed by atoms with E-state index in [0.29, 0.717) is 12.8 Å². The number of piperidine rings is 1. The Hall–Kier alpha value is -3.37. The first-order valence-electron chi connectivity index (χ1n) is 12.7. The van der Waals surface area contributed by atoms with Gasteiger partial charge in [-0.1, -0.05) is 50.2 Å². The van der Waals surface area contributed by atoms with Gasteiger partial charge in [0.25, 0.3) is 0 Å². The van der Waals surface area contributed by atoms with Crippen molar-refractivity contribution in [2.24, 2.45) is 0 Å².